The first-order valence-electron chi connectivity index (χ1n) is 10.8. The molecule has 7 heteroatoms. The number of piperidine rings is 1. The highest BCUT2D eigenvalue weighted by Gasteiger charge is 2.41. The molecule has 2 amide bonds. The zero-order valence-corrected chi connectivity index (χ0v) is 16.8. The van der Waals surface area contributed by atoms with Gasteiger partial charge in [0.05, 0.1) is 13.2 Å². The fourth-order valence-electron chi connectivity index (χ4n) is 4.61. The van der Waals surface area contributed by atoms with Gasteiger partial charge in [-0.2, -0.15) is 0 Å². The Labute approximate surface area is 171 Å². The number of amides is 2. The molecule has 156 valence electrons. The molecule has 1 aromatic rings. The number of rotatable bonds is 3. The van der Waals surface area contributed by atoms with Crippen LogP contribution < -0.4 is 4.90 Å². The first kappa shape index (κ1) is 18.9. The number of ether oxygens (including phenoxy) is 2. The average molecular weight is 399 g/mol. The lowest BCUT2D eigenvalue weighted by Crippen LogP contribution is -2.49. The van der Waals surface area contributed by atoms with E-state index in [2.05, 4.69) is 4.90 Å². The highest BCUT2D eigenvalue weighted by Crippen LogP contribution is 2.33. The van der Waals surface area contributed by atoms with E-state index >= 15 is 0 Å². The Balaban J connectivity index is 1.15. The summed E-state index contributed by atoms with van der Waals surface area (Å²) in [7, 11) is 0. The monoisotopic (exact) mass is 399 g/mol. The maximum Gasteiger partial charge on any atom is 0.253 e. The fraction of sp³-hybridized carbons (Fsp3) is 0.636. The zero-order chi connectivity index (χ0) is 19.8. The fourth-order valence-corrected chi connectivity index (χ4v) is 4.61. The Morgan fingerprint density at radius 2 is 1.45 bits per heavy atom. The molecule has 29 heavy (non-hydrogen) atoms. The van der Waals surface area contributed by atoms with Crippen LogP contribution in [0.4, 0.5) is 5.69 Å². The van der Waals surface area contributed by atoms with Crippen molar-refractivity contribution in [2.24, 2.45) is 5.92 Å². The molecular formula is C22H29N3O4. The summed E-state index contributed by atoms with van der Waals surface area (Å²) >= 11 is 0. The van der Waals surface area contributed by atoms with E-state index in [0.29, 0.717) is 38.1 Å². The summed E-state index contributed by atoms with van der Waals surface area (Å²) in [5.74, 6) is 0.249. The zero-order valence-electron chi connectivity index (χ0n) is 16.8. The molecule has 1 saturated carbocycles. The van der Waals surface area contributed by atoms with Crippen molar-refractivity contribution >= 4 is 17.5 Å². The van der Waals surface area contributed by atoms with E-state index in [9.17, 15) is 9.59 Å². The lowest BCUT2D eigenvalue weighted by Gasteiger charge is -2.37. The van der Waals surface area contributed by atoms with Crippen molar-refractivity contribution in [2.45, 2.75) is 31.5 Å². The summed E-state index contributed by atoms with van der Waals surface area (Å²) in [6.07, 6.45) is 3.60. The number of hydrogen-bond donors (Lipinski definition) is 0. The standard InChI is InChI=1S/C22H29N3O4/c26-20(24-9-7-22(8-10-24)28-15-16-29-22)18-3-5-19(6-4-18)23-11-13-25(14-12-23)21(27)17-1-2-17/h3-6,17H,1-2,7-16H2. The van der Waals surface area contributed by atoms with Crippen LogP contribution in [0.25, 0.3) is 0 Å². The van der Waals surface area contributed by atoms with Crippen LogP contribution >= 0.6 is 0 Å². The Hall–Kier alpha value is -2.12. The summed E-state index contributed by atoms with van der Waals surface area (Å²) in [5, 5.41) is 0. The average Bonchev–Trinajstić information content (AvgIpc) is 3.54. The van der Waals surface area contributed by atoms with E-state index in [1.54, 1.807) is 0 Å². The highest BCUT2D eigenvalue weighted by molar-refractivity contribution is 5.94. The molecule has 0 aromatic heterocycles. The van der Waals surface area contributed by atoms with Gasteiger partial charge >= 0.3 is 0 Å². The number of carbonyl (C=O) groups is 2. The Kier molecular flexibility index (Phi) is 4.95. The third-order valence-electron chi connectivity index (χ3n) is 6.62. The molecule has 3 heterocycles. The topological polar surface area (TPSA) is 62.3 Å². The van der Waals surface area contributed by atoms with Crippen LogP contribution in [0.3, 0.4) is 0 Å². The van der Waals surface area contributed by atoms with Crippen molar-refractivity contribution in [3.63, 3.8) is 0 Å². The van der Waals surface area contributed by atoms with Crippen LogP contribution in [0.5, 0.6) is 0 Å². The minimum absolute atomic E-state index is 0.0734. The smallest absolute Gasteiger partial charge is 0.253 e. The second-order valence-corrected chi connectivity index (χ2v) is 8.53. The first-order chi connectivity index (χ1) is 14.1. The highest BCUT2D eigenvalue weighted by atomic mass is 16.7. The second-order valence-electron chi connectivity index (χ2n) is 8.53. The molecule has 1 aromatic carbocycles. The minimum Gasteiger partial charge on any atom is -0.368 e. The van der Waals surface area contributed by atoms with Gasteiger partial charge in [-0.1, -0.05) is 0 Å². The quantitative estimate of drug-likeness (QED) is 0.775. The summed E-state index contributed by atoms with van der Waals surface area (Å²) in [6, 6.07) is 7.90. The number of anilines is 1. The number of benzene rings is 1. The summed E-state index contributed by atoms with van der Waals surface area (Å²) in [4.78, 5) is 31.3. The van der Waals surface area contributed by atoms with Crippen LogP contribution in [0.2, 0.25) is 0 Å². The van der Waals surface area contributed by atoms with Gasteiger partial charge in [0.15, 0.2) is 5.79 Å². The minimum atomic E-state index is -0.455. The van der Waals surface area contributed by atoms with Crippen molar-refractivity contribution in [3.8, 4) is 0 Å². The molecule has 5 rings (SSSR count). The summed E-state index contributed by atoms with van der Waals surface area (Å²) < 4.78 is 11.5. The number of nitrogens with zero attached hydrogens (tertiary/aromatic N) is 3. The number of piperazine rings is 1. The maximum atomic E-state index is 12.9. The van der Waals surface area contributed by atoms with Crippen molar-refractivity contribution in [2.75, 3.05) is 57.4 Å². The van der Waals surface area contributed by atoms with Gasteiger partial charge < -0.3 is 24.2 Å². The van der Waals surface area contributed by atoms with Crippen molar-refractivity contribution in [1.29, 1.82) is 0 Å². The van der Waals surface area contributed by atoms with Gasteiger partial charge in [-0.05, 0) is 37.1 Å². The first-order valence-corrected chi connectivity index (χ1v) is 10.8. The van der Waals surface area contributed by atoms with Gasteiger partial charge in [0.2, 0.25) is 5.91 Å². The Morgan fingerprint density at radius 1 is 0.828 bits per heavy atom. The molecule has 0 unspecified atom stereocenters. The molecule has 3 aliphatic heterocycles. The third kappa shape index (κ3) is 3.85. The number of likely N-dealkylation sites (tertiary alicyclic amines) is 1. The molecule has 4 fully saturated rings. The molecule has 0 radical (unpaired) electrons. The predicted octanol–water partition coefficient (Wildman–Crippen LogP) is 1.72. The van der Waals surface area contributed by atoms with E-state index in [0.717, 1.165) is 63.1 Å². The van der Waals surface area contributed by atoms with Crippen LogP contribution in [0.15, 0.2) is 24.3 Å². The summed E-state index contributed by atoms with van der Waals surface area (Å²) in [5.41, 5.74) is 1.84. The van der Waals surface area contributed by atoms with E-state index in [-0.39, 0.29) is 5.91 Å². The molecular weight excluding hydrogens is 370 g/mol. The van der Waals surface area contributed by atoms with Gasteiger partial charge in [-0.3, -0.25) is 9.59 Å². The van der Waals surface area contributed by atoms with E-state index in [1.807, 2.05) is 34.1 Å². The largest absolute Gasteiger partial charge is 0.368 e. The van der Waals surface area contributed by atoms with Crippen molar-refractivity contribution in [3.05, 3.63) is 29.8 Å². The molecule has 0 N–H and O–H groups in total. The molecule has 0 atom stereocenters. The van der Waals surface area contributed by atoms with Gasteiger partial charge in [-0.15, -0.1) is 0 Å². The lowest BCUT2D eigenvalue weighted by molar-refractivity contribution is -0.181. The SMILES string of the molecule is O=C(c1ccc(N2CCN(C(=O)C3CC3)CC2)cc1)N1CCC2(CC1)OCCO2. The van der Waals surface area contributed by atoms with Crippen LogP contribution in [0.1, 0.15) is 36.0 Å². The maximum absolute atomic E-state index is 12.9. The lowest BCUT2D eigenvalue weighted by atomic mass is 10.0. The Bertz CT molecular complexity index is 753. The van der Waals surface area contributed by atoms with Crippen LogP contribution in [0, 0.1) is 5.92 Å². The van der Waals surface area contributed by atoms with Crippen LogP contribution in [-0.4, -0.2) is 79.9 Å². The van der Waals surface area contributed by atoms with E-state index in [1.165, 1.54) is 0 Å². The molecule has 0 bridgehead atoms. The van der Waals surface area contributed by atoms with Gasteiger partial charge in [0, 0.05) is 69.3 Å². The van der Waals surface area contributed by atoms with Gasteiger partial charge in [0.25, 0.3) is 5.91 Å². The van der Waals surface area contributed by atoms with Crippen LogP contribution in [-0.2, 0) is 14.3 Å². The molecule has 1 spiro atoms. The predicted molar refractivity (Wildman–Crippen MR) is 108 cm³/mol. The van der Waals surface area contributed by atoms with E-state index in [4.69, 9.17) is 9.47 Å². The third-order valence-corrected chi connectivity index (χ3v) is 6.62. The van der Waals surface area contributed by atoms with Gasteiger partial charge in [-0.25, -0.2) is 0 Å². The number of hydrogen-bond acceptors (Lipinski definition) is 5. The number of carbonyl (C=O) groups excluding carboxylic acids is 2. The van der Waals surface area contributed by atoms with E-state index < -0.39 is 5.79 Å². The molecule has 3 saturated heterocycles. The van der Waals surface area contributed by atoms with Crippen molar-refractivity contribution in [1.82, 2.24) is 9.80 Å². The Morgan fingerprint density at radius 3 is 2.03 bits per heavy atom. The second kappa shape index (κ2) is 7.61. The molecule has 1 aliphatic carbocycles. The summed E-state index contributed by atoms with van der Waals surface area (Å²) in [6.45, 7) is 5.90. The molecule has 7 nitrogen and oxygen atoms in total. The molecule has 4 aliphatic rings. The normalized spacial score (nSPS) is 24.2. The van der Waals surface area contributed by atoms with Gasteiger partial charge in [0.1, 0.15) is 0 Å². The van der Waals surface area contributed by atoms with Crippen molar-refractivity contribution < 1.29 is 19.1 Å².